The third-order valence-electron chi connectivity index (χ3n) is 9.71. The van der Waals surface area contributed by atoms with E-state index in [2.05, 4.69) is 6.07 Å². The van der Waals surface area contributed by atoms with Crippen LogP contribution in [0, 0.1) is 25.2 Å². The van der Waals surface area contributed by atoms with Gasteiger partial charge in [-0.2, -0.15) is 5.26 Å². The average Bonchev–Trinajstić information content (AvgIpc) is 3.24. The largest absolute Gasteiger partial charge is 0.507 e. The van der Waals surface area contributed by atoms with Crippen molar-refractivity contribution in [2.75, 3.05) is 20.7 Å². The summed E-state index contributed by atoms with van der Waals surface area (Å²) in [4.78, 5) is 31.9. The van der Waals surface area contributed by atoms with Crippen LogP contribution >= 0.6 is 0 Å². The van der Waals surface area contributed by atoms with Gasteiger partial charge in [0.25, 0.3) is 11.8 Å². The number of fused-ring (bicyclic) bond motifs is 8. The van der Waals surface area contributed by atoms with Crippen molar-refractivity contribution in [2.45, 2.75) is 44.4 Å². The van der Waals surface area contributed by atoms with Crippen LogP contribution in [-0.2, 0) is 6.42 Å². The number of carbonyl (C=O) groups excluding carboxylic acids is 2. The summed E-state index contributed by atoms with van der Waals surface area (Å²) in [6.07, 6.45) is 2.06. The number of likely N-dealkylation sites (N-methyl/N-ethyl adjacent to an activating group) is 1. The molecule has 2 amide bonds. The zero-order chi connectivity index (χ0) is 31.4. The predicted octanol–water partition coefficient (Wildman–Crippen LogP) is 3.63. The van der Waals surface area contributed by atoms with Crippen molar-refractivity contribution in [2.24, 2.45) is 0 Å². The molecule has 0 aliphatic carbocycles. The van der Waals surface area contributed by atoms with Gasteiger partial charge in [-0.05, 0) is 56.7 Å². The fraction of sp³-hybridized carbons (Fsp3) is 0.303. The maximum absolute atomic E-state index is 13.5. The third kappa shape index (κ3) is 3.40. The average molecular weight is 595 g/mol. The van der Waals surface area contributed by atoms with Crippen LogP contribution in [0.25, 0.3) is 6.08 Å². The molecule has 1 fully saturated rings. The lowest BCUT2D eigenvalue weighted by Crippen LogP contribution is -2.62. The second kappa shape index (κ2) is 9.39. The number of nitrogens with zero attached hydrogens (tertiary/aromatic N) is 4. The molecule has 0 spiro atoms. The number of methoxy groups -OCH3 is 1. The first-order valence-corrected chi connectivity index (χ1v) is 14.2. The van der Waals surface area contributed by atoms with Gasteiger partial charge in [-0.15, -0.1) is 0 Å². The maximum atomic E-state index is 13.5. The number of nitriles is 1. The lowest BCUT2D eigenvalue weighted by Gasteiger charge is -2.57. The number of ether oxygens (including phenoxy) is 1. The van der Waals surface area contributed by atoms with Gasteiger partial charge in [0, 0.05) is 34.0 Å². The number of phenolic OH excluding ortho intramolecular Hbond substituents is 4. The normalized spacial score (nSPS) is 23.4. The van der Waals surface area contributed by atoms with E-state index in [1.807, 2.05) is 24.9 Å². The van der Waals surface area contributed by atoms with E-state index in [-0.39, 0.29) is 51.9 Å². The van der Waals surface area contributed by atoms with Gasteiger partial charge in [0.1, 0.15) is 11.8 Å². The van der Waals surface area contributed by atoms with E-state index < -0.39 is 41.4 Å². The molecule has 0 unspecified atom stereocenters. The van der Waals surface area contributed by atoms with Gasteiger partial charge in [-0.1, -0.05) is 18.2 Å². The summed E-state index contributed by atoms with van der Waals surface area (Å²) in [5.41, 5.74) is 3.54. The highest BCUT2D eigenvalue weighted by Crippen LogP contribution is 2.58. The van der Waals surface area contributed by atoms with Crippen LogP contribution in [0.2, 0.25) is 0 Å². The summed E-state index contributed by atoms with van der Waals surface area (Å²) in [5, 5.41) is 55.7. The van der Waals surface area contributed by atoms with E-state index in [1.165, 1.54) is 14.0 Å². The van der Waals surface area contributed by atoms with Crippen molar-refractivity contribution in [3.05, 3.63) is 80.5 Å². The molecule has 224 valence electrons. The SMILES string of the molecule is COc1c(C)cc2c(c1O)[C@H]1C3=Cc4c(O)c(C)c(O)c(O)c4[C@H](CN4C(=O)c5ccccc5C4=O)N3[C@@H](C#N)[C@H](C2)N1C. The minimum absolute atomic E-state index is 0.0364. The van der Waals surface area contributed by atoms with Crippen molar-refractivity contribution >= 4 is 17.9 Å². The Morgan fingerprint density at radius 2 is 1.64 bits per heavy atom. The number of piperazine rings is 1. The molecule has 11 heteroatoms. The highest BCUT2D eigenvalue weighted by Gasteiger charge is 2.54. The highest BCUT2D eigenvalue weighted by molar-refractivity contribution is 6.21. The molecule has 1 saturated heterocycles. The molecular weight excluding hydrogens is 564 g/mol. The molecule has 11 nitrogen and oxygen atoms in total. The number of imide groups is 1. The Hall–Kier alpha value is -5.21. The Morgan fingerprint density at radius 3 is 2.25 bits per heavy atom. The summed E-state index contributed by atoms with van der Waals surface area (Å²) in [6, 6.07) is 7.99. The fourth-order valence-corrected chi connectivity index (χ4v) is 7.62. The van der Waals surface area contributed by atoms with Crippen molar-refractivity contribution < 1.29 is 34.8 Å². The van der Waals surface area contributed by atoms with Gasteiger partial charge >= 0.3 is 0 Å². The number of hydrogen-bond donors (Lipinski definition) is 4. The molecule has 0 aromatic heterocycles. The minimum Gasteiger partial charge on any atom is -0.507 e. The van der Waals surface area contributed by atoms with Crippen LogP contribution in [-0.4, -0.2) is 79.7 Å². The van der Waals surface area contributed by atoms with Crippen LogP contribution in [0.15, 0.2) is 36.0 Å². The van der Waals surface area contributed by atoms with E-state index in [4.69, 9.17) is 4.74 Å². The van der Waals surface area contributed by atoms with Crippen LogP contribution < -0.4 is 4.74 Å². The van der Waals surface area contributed by atoms with Gasteiger partial charge in [-0.3, -0.25) is 19.4 Å². The number of aryl methyl sites for hydroxylation is 1. The van der Waals surface area contributed by atoms with Crippen LogP contribution in [0.5, 0.6) is 28.7 Å². The van der Waals surface area contributed by atoms with Crippen molar-refractivity contribution in [1.29, 1.82) is 5.26 Å². The Kier molecular flexibility index (Phi) is 5.90. The van der Waals surface area contributed by atoms with Gasteiger partial charge in [0.2, 0.25) is 0 Å². The molecule has 4 aliphatic rings. The van der Waals surface area contributed by atoms with Gasteiger partial charge in [-0.25, -0.2) is 0 Å². The summed E-state index contributed by atoms with van der Waals surface area (Å²) in [5.74, 6) is -2.07. The fourth-order valence-electron chi connectivity index (χ4n) is 7.62. The van der Waals surface area contributed by atoms with Crippen LogP contribution in [0.4, 0.5) is 0 Å². The summed E-state index contributed by atoms with van der Waals surface area (Å²) in [6.45, 7) is 3.03. The quantitative estimate of drug-likeness (QED) is 0.201. The number of rotatable bonds is 3. The van der Waals surface area contributed by atoms with E-state index in [0.29, 0.717) is 23.4 Å². The number of phenols is 4. The lowest BCUT2D eigenvalue weighted by molar-refractivity contribution is 0.0111. The van der Waals surface area contributed by atoms with E-state index >= 15 is 0 Å². The Bertz CT molecular complexity index is 1860. The number of carbonyl (C=O) groups is 2. The summed E-state index contributed by atoms with van der Waals surface area (Å²) < 4.78 is 5.54. The number of aromatic hydroxyl groups is 4. The second-order valence-corrected chi connectivity index (χ2v) is 11.8. The molecule has 4 heterocycles. The van der Waals surface area contributed by atoms with Crippen LogP contribution in [0.3, 0.4) is 0 Å². The Balaban J connectivity index is 1.48. The molecule has 4 atom stereocenters. The van der Waals surface area contributed by atoms with Gasteiger partial charge < -0.3 is 30.1 Å². The lowest BCUT2D eigenvalue weighted by atomic mass is 9.75. The second-order valence-electron chi connectivity index (χ2n) is 11.8. The smallest absolute Gasteiger partial charge is 0.261 e. The molecule has 4 aliphatic heterocycles. The summed E-state index contributed by atoms with van der Waals surface area (Å²) >= 11 is 0. The molecule has 44 heavy (non-hydrogen) atoms. The molecule has 2 bridgehead atoms. The first kappa shape index (κ1) is 27.6. The van der Waals surface area contributed by atoms with E-state index in [0.717, 1.165) is 16.0 Å². The van der Waals surface area contributed by atoms with Crippen LogP contribution in [0.1, 0.15) is 66.2 Å². The van der Waals surface area contributed by atoms with Gasteiger partial charge in [0.05, 0.1) is 42.9 Å². The first-order chi connectivity index (χ1) is 21.0. The van der Waals surface area contributed by atoms with Crippen molar-refractivity contribution in [3.8, 4) is 34.8 Å². The standard InChI is InChI=1S/C33H30N4O7/c1-14-9-16-10-20-22(12-34)37-21(26(35(20)3)24(16)30(41)31(14)44-4)11-19-25(29(40)28(39)15(2)27(19)38)23(37)13-36-32(42)17-7-5-6-8-18(17)33(36)43/h5-9,11,20,22-23,26,38-41H,10,13H2,1-4H3/t20-,22-,23-,26+/m0/s1. The molecular formula is C33H30N4O7. The molecule has 7 rings (SSSR count). The van der Waals surface area contributed by atoms with Crippen molar-refractivity contribution in [3.63, 3.8) is 0 Å². The van der Waals surface area contributed by atoms with E-state index in [9.17, 15) is 35.3 Å². The number of hydrogen-bond acceptors (Lipinski definition) is 10. The zero-order valence-electron chi connectivity index (χ0n) is 24.5. The monoisotopic (exact) mass is 594 g/mol. The van der Waals surface area contributed by atoms with E-state index in [1.54, 1.807) is 35.2 Å². The zero-order valence-corrected chi connectivity index (χ0v) is 24.5. The minimum atomic E-state index is -1.02. The maximum Gasteiger partial charge on any atom is 0.261 e. The van der Waals surface area contributed by atoms with Crippen molar-refractivity contribution in [1.82, 2.24) is 14.7 Å². The Labute approximate surface area is 253 Å². The van der Waals surface area contributed by atoms with Gasteiger partial charge in [0.15, 0.2) is 23.0 Å². The first-order valence-electron chi connectivity index (χ1n) is 14.2. The summed E-state index contributed by atoms with van der Waals surface area (Å²) in [7, 11) is 3.34. The third-order valence-corrected chi connectivity index (χ3v) is 9.71. The highest BCUT2D eigenvalue weighted by atomic mass is 16.5. The number of benzene rings is 3. The molecule has 3 aromatic rings. The predicted molar refractivity (Wildman–Crippen MR) is 157 cm³/mol. The molecule has 0 saturated carbocycles. The number of amides is 2. The molecule has 3 aromatic carbocycles. The molecule has 0 radical (unpaired) electrons. The molecule has 4 N–H and O–H groups in total. The topological polar surface area (TPSA) is 158 Å². The Morgan fingerprint density at radius 1 is 0.977 bits per heavy atom.